The van der Waals surface area contributed by atoms with Gasteiger partial charge in [0.05, 0.1) is 6.54 Å². The maximum absolute atomic E-state index is 10.3. The third-order valence-corrected chi connectivity index (χ3v) is 1.48. The predicted molar refractivity (Wildman–Crippen MR) is 56.5 cm³/mol. The molecule has 0 saturated heterocycles. The van der Waals surface area contributed by atoms with Gasteiger partial charge in [-0.3, -0.25) is 9.63 Å². The van der Waals surface area contributed by atoms with E-state index in [0.29, 0.717) is 6.54 Å². The van der Waals surface area contributed by atoms with Crippen LogP contribution in [0.15, 0.2) is 30.3 Å². The summed E-state index contributed by atoms with van der Waals surface area (Å²) in [5, 5.41) is 0. The highest BCUT2D eigenvalue weighted by Gasteiger charge is 1.90. The van der Waals surface area contributed by atoms with Crippen molar-refractivity contribution in [2.24, 2.45) is 5.73 Å². The third kappa shape index (κ3) is 5.47. The topological polar surface area (TPSA) is 64.4 Å². The summed E-state index contributed by atoms with van der Waals surface area (Å²) in [6, 6.07) is 9.59. The summed E-state index contributed by atoms with van der Waals surface area (Å²) in [7, 11) is 0. The number of hydrogen-bond acceptors (Lipinski definition) is 3. The van der Waals surface area contributed by atoms with Crippen molar-refractivity contribution in [3.63, 3.8) is 0 Å². The van der Waals surface area contributed by atoms with E-state index < -0.39 is 5.91 Å². The van der Waals surface area contributed by atoms with E-state index in [4.69, 9.17) is 10.6 Å². The number of hydrogen-bond donors (Lipinski definition) is 2. The summed E-state index contributed by atoms with van der Waals surface area (Å²) in [5.41, 5.74) is 8.31. The molecule has 3 N–H and O–H groups in total. The van der Waals surface area contributed by atoms with Crippen molar-refractivity contribution in [1.82, 2.24) is 5.48 Å². The molecular formula is C11H12N2O2. The molecule has 0 spiro atoms. The first-order valence-corrected chi connectivity index (χ1v) is 4.46. The van der Waals surface area contributed by atoms with Crippen LogP contribution in [0.5, 0.6) is 0 Å². The van der Waals surface area contributed by atoms with E-state index in [9.17, 15) is 4.79 Å². The van der Waals surface area contributed by atoms with Gasteiger partial charge in [0.15, 0.2) is 0 Å². The Hall–Kier alpha value is -1.83. The average Bonchev–Trinajstić information content (AvgIpc) is 2.24. The van der Waals surface area contributed by atoms with Gasteiger partial charge >= 0.3 is 0 Å². The predicted octanol–water partition coefficient (Wildman–Crippen LogP) is 0.0446. The molecule has 0 fully saturated rings. The van der Waals surface area contributed by atoms with Gasteiger partial charge in [-0.25, -0.2) is 0 Å². The lowest BCUT2D eigenvalue weighted by Gasteiger charge is -1.97. The summed E-state index contributed by atoms with van der Waals surface area (Å²) in [5.74, 6) is 5.25. The van der Waals surface area contributed by atoms with Gasteiger partial charge in [0.1, 0.15) is 6.61 Å². The van der Waals surface area contributed by atoms with Crippen molar-refractivity contribution in [1.29, 1.82) is 0 Å². The number of benzene rings is 1. The van der Waals surface area contributed by atoms with Crippen LogP contribution in [-0.2, 0) is 9.63 Å². The van der Waals surface area contributed by atoms with Crippen LogP contribution < -0.4 is 11.2 Å². The average molecular weight is 204 g/mol. The largest absolute Gasteiger partial charge is 0.368 e. The van der Waals surface area contributed by atoms with Gasteiger partial charge in [0.2, 0.25) is 5.91 Å². The second-order valence-corrected chi connectivity index (χ2v) is 2.74. The number of primary amides is 1. The molecule has 1 aromatic rings. The molecule has 0 aliphatic heterocycles. The molecule has 1 amide bonds. The van der Waals surface area contributed by atoms with Gasteiger partial charge < -0.3 is 5.73 Å². The summed E-state index contributed by atoms with van der Waals surface area (Å²) in [6.45, 7) is 0.204. The van der Waals surface area contributed by atoms with Crippen LogP contribution in [0.1, 0.15) is 5.56 Å². The second kappa shape index (κ2) is 6.60. The molecule has 1 aromatic carbocycles. The minimum Gasteiger partial charge on any atom is -0.368 e. The molecule has 0 radical (unpaired) electrons. The molecule has 0 bridgehead atoms. The Balaban J connectivity index is 2.20. The van der Waals surface area contributed by atoms with Gasteiger partial charge in [-0.2, -0.15) is 5.48 Å². The molecule has 78 valence electrons. The molecule has 0 atom stereocenters. The molecular weight excluding hydrogens is 192 g/mol. The summed E-state index contributed by atoms with van der Waals surface area (Å²) >= 11 is 0. The van der Waals surface area contributed by atoms with E-state index in [2.05, 4.69) is 17.3 Å². The minimum absolute atomic E-state index is 0.146. The van der Waals surface area contributed by atoms with Gasteiger partial charge in [-0.05, 0) is 12.1 Å². The zero-order valence-corrected chi connectivity index (χ0v) is 8.19. The fourth-order valence-electron chi connectivity index (χ4n) is 0.877. The van der Waals surface area contributed by atoms with E-state index in [-0.39, 0.29) is 6.61 Å². The molecule has 4 nitrogen and oxygen atoms in total. The first kappa shape index (κ1) is 11.2. The Labute approximate surface area is 88.4 Å². The zero-order valence-electron chi connectivity index (χ0n) is 8.19. The number of amides is 1. The SMILES string of the molecule is NC(=O)CONCC#Cc1ccccc1. The molecule has 0 aliphatic carbocycles. The molecule has 0 unspecified atom stereocenters. The lowest BCUT2D eigenvalue weighted by molar-refractivity contribution is -0.124. The number of rotatable bonds is 4. The minimum atomic E-state index is -0.515. The van der Waals surface area contributed by atoms with E-state index in [1.54, 1.807) is 0 Å². The van der Waals surface area contributed by atoms with Crippen LogP contribution in [0.4, 0.5) is 0 Å². The highest BCUT2D eigenvalue weighted by Crippen LogP contribution is 1.93. The Morgan fingerprint density at radius 3 is 2.80 bits per heavy atom. The van der Waals surface area contributed by atoms with Crippen molar-refractivity contribution in [2.75, 3.05) is 13.2 Å². The van der Waals surface area contributed by atoms with E-state index in [1.165, 1.54) is 0 Å². The Morgan fingerprint density at radius 1 is 1.40 bits per heavy atom. The van der Waals surface area contributed by atoms with E-state index in [0.717, 1.165) is 5.56 Å². The quantitative estimate of drug-likeness (QED) is 0.413. The first-order valence-electron chi connectivity index (χ1n) is 4.46. The van der Waals surface area contributed by atoms with Crippen LogP contribution in [0.3, 0.4) is 0 Å². The number of carbonyl (C=O) groups excluding carboxylic acids is 1. The summed E-state index contributed by atoms with van der Waals surface area (Å²) in [4.78, 5) is 15.0. The summed E-state index contributed by atoms with van der Waals surface area (Å²) in [6.07, 6.45) is 0. The van der Waals surface area contributed by atoms with Crippen molar-refractivity contribution in [3.8, 4) is 11.8 Å². The smallest absolute Gasteiger partial charge is 0.245 e. The van der Waals surface area contributed by atoms with Gasteiger partial charge in [-0.15, -0.1) is 0 Å². The molecule has 0 heterocycles. The normalized spacial score (nSPS) is 9.07. The number of nitrogens with one attached hydrogen (secondary N) is 1. The van der Waals surface area contributed by atoms with Gasteiger partial charge in [0.25, 0.3) is 0 Å². The van der Waals surface area contributed by atoms with Crippen LogP contribution in [0.25, 0.3) is 0 Å². The number of carbonyl (C=O) groups is 1. The highest BCUT2D eigenvalue weighted by atomic mass is 16.6. The molecule has 15 heavy (non-hydrogen) atoms. The lowest BCUT2D eigenvalue weighted by Crippen LogP contribution is -2.24. The van der Waals surface area contributed by atoms with E-state index >= 15 is 0 Å². The maximum Gasteiger partial charge on any atom is 0.245 e. The monoisotopic (exact) mass is 204 g/mol. The Kier molecular flexibility index (Phi) is 4.95. The molecule has 0 saturated carbocycles. The molecule has 4 heteroatoms. The lowest BCUT2D eigenvalue weighted by atomic mass is 10.2. The van der Waals surface area contributed by atoms with Crippen molar-refractivity contribution < 1.29 is 9.63 Å². The zero-order chi connectivity index (χ0) is 10.9. The Bertz CT molecular complexity index is 365. The first-order chi connectivity index (χ1) is 7.29. The van der Waals surface area contributed by atoms with Crippen LogP contribution in [0.2, 0.25) is 0 Å². The van der Waals surface area contributed by atoms with Crippen LogP contribution >= 0.6 is 0 Å². The van der Waals surface area contributed by atoms with Crippen LogP contribution in [0, 0.1) is 11.8 Å². The van der Waals surface area contributed by atoms with Gasteiger partial charge in [-0.1, -0.05) is 30.0 Å². The second-order valence-electron chi connectivity index (χ2n) is 2.74. The number of hydroxylamine groups is 1. The maximum atomic E-state index is 10.3. The fraction of sp³-hybridized carbons (Fsp3) is 0.182. The Morgan fingerprint density at radius 2 is 2.13 bits per heavy atom. The van der Waals surface area contributed by atoms with Crippen molar-refractivity contribution in [3.05, 3.63) is 35.9 Å². The van der Waals surface area contributed by atoms with Gasteiger partial charge in [0, 0.05) is 5.56 Å². The highest BCUT2D eigenvalue weighted by molar-refractivity contribution is 5.74. The summed E-state index contributed by atoms with van der Waals surface area (Å²) < 4.78 is 0. The molecule has 0 aliphatic rings. The fourth-order valence-corrected chi connectivity index (χ4v) is 0.877. The molecule has 1 rings (SSSR count). The molecule has 0 aromatic heterocycles. The van der Waals surface area contributed by atoms with Crippen LogP contribution in [-0.4, -0.2) is 19.1 Å². The van der Waals surface area contributed by atoms with Crippen molar-refractivity contribution >= 4 is 5.91 Å². The van der Waals surface area contributed by atoms with E-state index in [1.807, 2.05) is 30.3 Å². The standard InChI is InChI=1S/C11H12N2O2/c12-11(14)9-15-13-8-4-7-10-5-2-1-3-6-10/h1-3,5-6,13H,8-9H2,(H2,12,14). The third-order valence-electron chi connectivity index (χ3n) is 1.48. The van der Waals surface area contributed by atoms with Crippen molar-refractivity contribution in [2.45, 2.75) is 0 Å². The number of nitrogens with two attached hydrogens (primary N) is 1.